The summed E-state index contributed by atoms with van der Waals surface area (Å²) >= 11 is 1.49. The lowest BCUT2D eigenvalue weighted by atomic mass is 9.77. The van der Waals surface area contributed by atoms with Crippen LogP contribution in [0, 0.1) is 29.6 Å². The molecule has 3 fully saturated rings. The number of ketones is 1. The standard InChI is InChI=1S/C45H51N5O8S2/c1-8-28-21-45(28,43(53)49-60(54,55)31-17-18-31)22-35(51)34-19-30(23-50(34)42(52)33(44(5,6)7)20-37-46-26(4)24-59-37)57-41-39-38(32-11-9-10-12-36(32)58-39)47-40(48-41)27-13-15-29(16-14-27)56-25(2)3/h8-16,24-25,28,30-31,33-34H,1,17-23H2,2-7H3,(H,49,53)/t28-,30-,33-,34+,45-/m1/s1. The number of fused-ring (bicyclic) bond motifs is 3. The second-order valence-electron chi connectivity index (χ2n) is 17.8. The van der Waals surface area contributed by atoms with Crippen molar-refractivity contribution in [2.45, 2.75) is 104 Å². The number of carbonyl (C=O) groups excluding carboxylic acids is 3. The molecule has 15 heteroatoms. The van der Waals surface area contributed by atoms with Crippen LogP contribution in [0.1, 0.15) is 77.4 Å². The van der Waals surface area contributed by atoms with E-state index >= 15 is 0 Å². The van der Waals surface area contributed by atoms with E-state index in [4.69, 9.17) is 23.9 Å². The van der Waals surface area contributed by atoms with E-state index in [9.17, 15) is 22.8 Å². The van der Waals surface area contributed by atoms with Crippen LogP contribution in [0.5, 0.6) is 11.6 Å². The number of aryl methyl sites for hydroxylation is 1. The van der Waals surface area contributed by atoms with Gasteiger partial charge < -0.3 is 18.8 Å². The summed E-state index contributed by atoms with van der Waals surface area (Å²) < 4.78 is 46.9. The van der Waals surface area contributed by atoms with Crippen molar-refractivity contribution in [3.63, 3.8) is 0 Å². The van der Waals surface area contributed by atoms with E-state index in [1.807, 2.05) is 95.5 Å². The molecule has 5 aromatic rings. The van der Waals surface area contributed by atoms with Crippen molar-refractivity contribution in [1.82, 2.24) is 24.6 Å². The Labute approximate surface area is 354 Å². The lowest BCUT2D eigenvalue weighted by molar-refractivity contribution is -0.144. The first-order valence-corrected chi connectivity index (χ1v) is 22.9. The van der Waals surface area contributed by atoms with Crippen LogP contribution in [0.4, 0.5) is 0 Å². The van der Waals surface area contributed by atoms with Crippen molar-refractivity contribution in [3.05, 3.63) is 77.3 Å². The van der Waals surface area contributed by atoms with E-state index in [-0.39, 0.29) is 49.5 Å². The molecule has 0 radical (unpaired) electrons. The van der Waals surface area contributed by atoms with Crippen LogP contribution in [0.3, 0.4) is 0 Å². The maximum Gasteiger partial charge on any atom is 0.262 e. The number of rotatable bonds is 15. The molecule has 8 rings (SSSR count). The van der Waals surface area contributed by atoms with Crippen LogP contribution in [0.2, 0.25) is 0 Å². The highest BCUT2D eigenvalue weighted by Gasteiger charge is 2.61. The first kappa shape index (κ1) is 41.6. The summed E-state index contributed by atoms with van der Waals surface area (Å²) in [6.45, 7) is 15.8. The van der Waals surface area contributed by atoms with Gasteiger partial charge in [-0.1, -0.05) is 39.0 Å². The first-order chi connectivity index (χ1) is 28.5. The molecule has 5 atom stereocenters. The van der Waals surface area contributed by atoms with Crippen LogP contribution >= 0.6 is 11.3 Å². The minimum atomic E-state index is -3.86. The fraction of sp³-hybridized carbons (Fsp3) is 0.467. The van der Waals surface area contributed by atoms with Crippen molar-refractivity contribution in [2.75, 3.05) is 6.54 Å². The van der Waals surface area contributed by atoms with Crippen molar-refractivity contribution in [2.24, 2.45) is 22.7 Å². The molecular formula is C45H51N5O8S2. The number of nitrogens with zero attached hydrogens (tertiary/aromatic N) is 4. The second-order valence-corrected chi connectivity index (χ2v) is 20.7. The molecule has 316 valence electrons. The number of likely N-dealkylation sites (tertiary alicyclic amines) is 1. The number of hydrogen-bond acceptors (Lipinski definition) is 12. The number of benzene rings is 2. The molecule has 3 aromatic heterocycles. The Bertz CT molecular complexity index is 2590. The fourth-order valence-electron chi connectivity index (χ4n) is 8.26. The summed E-state index contributed by atoms with van der Waals surface area (Å²) in [6.07, 6.45) is 2.38. The van der Waals surface area contributed by atoms with Gasteiger partial charge in [-0.15, -0.1) is 17.9 Å². The SMILES string of the molecule is C=C[C@@H]1C[C@]1(CC(=O)[C@@H]1C[C@@H](Oc2nc(-c3ccc(OC(C)C)cc3)nc3c2oc2ccccc23)CN1C(=O)[C@@H](Cc1nc(C)cs1)C(C)(C)C)C(=O)NS(=O)(=O)C1CC1. The third-order valence-electron chi connectivity index (χ3n) is 11.8. The molecule has 0 unspecified atom stereocenters. The lowest BCUT2D eigenvalue weighted by Crippen LogP contribution is -2.48. The molecule has 4 heterocycles. The van der Waals surface area contributed by atoms with E-state index in [1.165, 1.54) is 11.3 Å². The first-order valence-electron chi connectivity index (χ1n) is 20.5. The molecule has 0 bridgehead atoms. The van der Waals surface area contributed by atoms with Gasteiger partial charge in [-0.05, 0) is 87.8 Å². The highest BCUT2D eigenvalue weighted by atomic mass is 32.2. The summed E-state index contributed by atoms with van der Waals surface area (Å²) in [5.74, 6) is -0.954. The van der Waals surface area contributed by atoms with Gasteiger partial charge in [0.2, 0.25) is 27.4 Å². The summed E-state index contributed by atoms with van der Waals surface area (Å²) in [6, 6.07) is 14.0. The van der Waals surface area contributed by atoms with Crippen LogP contribution in [0.25, 0.3) is 33.5 Å². The number of ether oxygens (including phenoxy) is 2. The molecule has 0 spiro atoms. The van der Waals surface area contributed by atoms with Gasteiger partial charge >= 0.3 is 0 Å². The van der Waals surface area contributed by atoms with Crippen LogP contribution in [-0.2, 0) is 30.8 Å². The Balaban J connectivity index is 1.14. The summed E-state index contributed by atoms with van der Waals surface area (Å²) in [5, 5.41) is 2.94. The zero-order valence-corrected chi connectivity index (χ0v) is 36.4. The Kier molecular flexibility index (Phi) is 10.9. The monoisotopic (exact) mass is 853 g/mol. The second kappa shape index (κ2) is 15.7. The van der Waals surface area contributed by atoms with Gasteiger partial charge in [0.1, 0.15) is 23.0 Å². The van der Waals surface area contributed by atoms with Crippen LogP contribution < -0.4 is 14.2 Å². The molecule has 60 heavy (non-hydrogen) atoms. The molecule has 3 aliphatic rings. The zero-order chi connectivity index (χ0) is 42.7. The number of para-hydroxylation sites is 1. The van der Waals surface area contributed by atoms with Crippen LogP contribution in [-0.4, -0.2) is 75.9 Å². The maximum absolute atomic E-state index is 15.0. The number of nitrogens with one attached hydrogen (secondary N) is 1. The van der Waals surface area contributed by atoms with Gasteiger partial charge in [0.05, 0.1) is 34.4 Å². The number of allylic oxidation sites excluding steroid dienone is 1. The Hall–Kier alpha value is -5.15. The number of thiazole rings is 1. The average Bonchev–Trinajstić information content (AvgIpc) is 4.04. The number of sulfonamides is 1. The Morgan fingerprint density at radius 2 is 1.82 bits per heavy atom. The fourth-order valence-corrected chi connectivity index (χ4v) is 10.5. The van der Waals surface area contributed by atoms with E-state index in [1.54, 1.807) is 11.0 Å². The maximum atomic E-state index is 15.0. The normalized spacial score (nSPS) is 22.2. The van der Waals surface area contributed by atoms with Crippen molar-refractivity contribution < 1.29 is 36.7 Å². The zero-order valence-electron chi connectivity index (χ0n) is 34.8. The van der Waals surface area contributed by atoms with E-state index < -0.39 is 56.0 Å². The van der Waals surface area contributed by atoms with E-state index in [0.29, 0.717) is 47.5 Å². The third-order valence-corrected chi connectivity index (χ3v) is 14.6. The van der Waals surface area contributed by atoms with Gasteiger partial charge in [0, 0.05) is 47.2 Å². The predicted molar refractivity (Wildman–Crippen MR) is 229 cm³/mol. The van der Waals surface area contributed by atoms with Gasteiger partial charge in [0.15, 0.2) is 11.6 Å². The molecule has 2 aromatic carbocycles. The molecule has 1 N–H and O–H groups in total. The van der Waals surface area contributed by atoms with Gasteiger partial charge in [-0.25, -0.2) is 18.4 Å². The Morgan fingerprint density at radius 1 is 1.08 bits per heavy atom. The minimum Gasteiger partial charge on any atom is -0.491 e. The summed E-state index contributed by atoms with van der Waals surface area (Å²) in [7, 11) is -3.86. The van der Waals surface area contributed by atoms with Gasteiger partial charge in [0.25, 0.3) is 5.88 Å². The predicted octanol–water partition coefficient (Wildman–Crippen LogP) is 7.61. The van der Waals surface area contributed by atoms with Gasteiger partial charge in [-0.3, -0.25) is 19.1 Å². The highest BCUT2D eigenvalue weighted by Crippen LogP contribution is 2.57. The van der Waals surface area contributed by atoms with Crippen LogP contribution in [0.15, 0.2) is 71.0 Å². The number of Topliss-reactive ketones (excluding diaryl/α,β-unsaturated/α-hetero) is 1. The quantitative estimate of drug-likeness (QED) is 0.103. The van der Waals surface area contributed by atoms with Gasteiger partial charge in [-0.2, -0.15) is 4.98 Å². The lowest BCUT2D eigenvalue weighted by Gasteiger charge is -2.35. The number of aromatic nitrogens is 3. The molecule has 1 aliphatic heterocycles. The van der Waals surface area contributed by atoms with Crippen molar-refractivity contribution in [3.8, 4) is 23.0 Å². The molecule has 2 amide bonds. The molecule has 1 saturated heterocycles. The molecular weight excluding hydrogens is 803 g/mol. The van der Waals surface area contributed by atoms with E-state index in [0.717, 1.165) is 21.7 Å². The topological polar surface area (TPSA) is 171 Å². The van der Waals surface area contributed by atoms with Crippen molar-refractivity contribution >= 4 is 61.0 Å². The number of carbonyl (C=O) groups is 3. The molecule has 2 aliphatic carbocycles. The molecule has 2 saturated carbocycles. The van der Waals surface area contributed by atoms with Crippen molar-refractivity contribution in [1.29, 1.82) is 0 Å². The third kappa shape index (κ3) is 8.30. The number of amides is 2. The van der Waals surface area contributed by atoms with E-state index in [2.05, 4.69) is 16.3 Å². The molecule has 13 nitrogen and oxygen atoms in total. The smallest absolute Gasteiger partial charge is 0.262 e. The summed E-state index contributed by atoms with van der Waals surface area (Å²) in [5.41, 5.74) is 1.28. The average molecular weight is 854 g/mol. The Morgan fingerprint density at radius 3 is 2.45 bits per heavy atom. The summed E-state index contributed by atoms with van der Waals surface area (Å²) in [4.78, 5) is 59.4. The minimum absolute atomic E-state index is 0.00315. The number of furan rings is 1. The number of hydrogen-bond donors (Lipinski definition) is 1. The largest absolute Gasteiger partial charge is 0.491 e. The highest BCUT2D eigenvalue weighted by molar-refractivity contribution is 7.90.